The Kier molecular flexibility index (Phi) is 7.79. The first kappa shape index (κ1) is 18.9. The zero-order chi connectivity index (χ0) is 15.1. The summed E-state index contributed by atoms with van der Waals surface area (Å²) >= 11 is 0. The summed E-state index contributed by atoms with van der Waals surface area (Å²) in [6.45, 7) is 2.70. The molecule has 1 aliphatic heterocycles. The zero-order valence-corrected chi connectivity index (χ0v) is 13.7. The molecule has 1 saturated heterocycles. The Morgan fingerprint density at radius 3 is 2.55 bits per heavy atom. The van der Waals surface area contributed by atoms with Crippen LogP contribution >= 0.6 is 12.4 Å². The largest absolute Gasteiger partial charge is 0.384 e. The molecule has 0 aromatic heterocycles. The molecular weight excluding hydrogens is 307 g/mol. The molecule has 1 amide bonds. The van der Waals surface area contributed by atoms with Crippen molar-refractivity contribution in [1.29, 1.82) is 0 Å². The van der Waals surface area contributed by atoms with Crippen LogP contribution in [0.2, 0.25) is 0 Å². The number of rotatable bonds is 6. The molecule has 22 heavy (non-hydrogen) atoms. The van der Waals surface area contributed by atoms with Crippen molar-refractivity contribution in [2.75, 3.05) is 33.4 Å². The minimum Gasteiger partial charge on any atom is -0.384 e. The van der Waals surface area contributed by atoms with Gasteiger partial charge in [-0.2, -0.15) is 0 Å². The van der Waals surface area contributed by atoms with Crippen LogP contribution in [0.3, 0.4) is 0 Å². The van der Waals surface area contributed by atoms with Crippen LogP contribution in [0.4, 0.5) is 4.39 Å². The van der Waals surface area contributed by atoms with E-state index in [-0.39, 0.29) is 24.1 Å². The van der Waals surface area contributed by atoms with Crippen molar-refractivity contribution in [2.24, 2.45) is 5.41 Å². The van der Waals surface area contributed by atoms with E-state index >= 15 is 0 Å². The van der Waals surface area contributed by atoms with E-state index in [1.807, 2.05) is 0 Å². The number of carbonyl (C=O) groups excluding carboxylic acids is 1. The number of ether oxygens (including phenoxy) is 1. The van der Waals surface area contributed by atoms with Gasteiger partial charge in [-0.25, -0.2) is 4.39 Å². The Morgan fingerprint density at radius 2 is 1.95 bits per heavy atom. The third kappa shape index (κ3) is 4.93. The second-order valence-corrected chi connectivity index (χ2v) is 5.60. The Bertz CT molecular complexity index is 456. The monoisotopic (exact) mass is 330 g/mol. The molecule has 1 heterocycles. The fourth-order valence-corrected chi connectivity index (χ4v) is 2.78. The summed E-state index contributed by atoms with van der Waals surface area (Å²) in [6, 6.07) is 6.38. The van der Waals surface area contributed by atoms with E-state index < -0.39 is 5.41 Å². The van der Waals surface area contributed by atoms with E-state index in [9.17, 15) is 9.18 Å². The minimum absolute atomic E-state index is 0. The summed E-state index contributed by atoms with van der Waals surface area (Å²) < 4.78 is 18.1. The van der Waals surface area contributed by atoms with Gasteiger partial charge in [0.25, 0.3) is 0 Å². The topological polar surface area (TPSA) is 50.4 Å². The second kappa shape index (κ2) is 9.08. The third-order valence-corrected chi connectivity index (χ3v) is 4.08. The Morgan fingerprint density at radius 1 is 1.32 bits per heavy atom. The van der Waals surface area contributed by atoms with Crippen LogP contribution in [-0.2, 0) is 16.0 Å². The molecule has 0 saturated carbocycles. The number of halogens is 2. The molecule has 0 unspecified atom stereocenters. The first-order valence-corrected chi connectivity index (χ1v) is 7.39. The van der Waals surface area contributed by atoms with E-state index in [1.165, 1.54) is 12.1 Å². The lowest BCUT2D eigenvalue weighted by Gasteiger charge is -2.35. The molecule has 124 valence electrons. The highest BCUT2D eigenvalue weighted by Crippen LogP contribution is 2.29. The van der Waals surface area contributed by atoms with E-state index in [4.69, 9.17) is 4.74 Å². The predicted molar refractivity (Wildman–Crippen MR) is 86.8 cm³/mol. The molecule has 0 radical (unpaired) electrons. The molecule has 2 rings (SSSR count). The SMILES string of the molecule is COCC1(C(=O)NCCc2ccc(F)cc2)CCNCC1.Cl. The van der Waals surface area contributed by atoms with Crippen LogP contribution in [0, 0.1) is 11.2 Å². The third-order valence-electron chi connectivity index (χ3n) is 4.08. The predicted octanol–water partition coefficient (Wildman–Crippen LogP) is 1.92. The molecule has 6 heteroatoms. The number of benzene rings is 1. The summed E-state index contributed by atoms with van der Waals surface area (Å²) in [4.78, 5) is 12.5. The number of nitrogens with one attached hydrogen (secondary N) is 2. The fraction of sp³-hybridized carbons (Fsp3) is 0.562. The summed E-state index contributed by atoms with van der Waals surface area (Å²) in [5, 5.41) is 6.27. The van der Waals surface area contributed by atoms with Crippen molar-refractivity contribution in [3.05, 3.63) is 35.6 Å². The molecule has 2 N–H and O–H groups in total. The van der Waals surface area contributed by atoms with Crippen LogP contribution in [0.5, 0.6) is 0 Å². The molecule has 1 fully saturated rings. The van der Waals surface area contributed by atoms with Gasteiger partial charge in [-0.1, -0.05) is 12.1 Å². The summed E-state index contributed by atoms with van der Waals surface area (Å²) in [5.41, 5.74) is 0.603. The minimum atomic E-state index is -0.414. The lowest BCUT2D eigenvalue weighted by atomic mass is 9.78. The average Bonchev–Trinajstić information content (AvgIpc) is 2.50. The van der Waals surface area contributed by atoms with Gasteiger partial charge >= 0.3 is 0 Å². The van der Waals surface area contributed by atoms with Gasteiger partial charge in [-0.15, -0.1) is 12.4 Å². The average molecular weight is 331 g/mol. The Balaban J connectivity index is 0.00000242. The number of carbonyl (C=O) groups is 1. The van der Waals surface area contributed by atoms with E-state index in [0.717, 1.165) is 31.5 Å². The van der Waals surface area contributed by atoms with Gasteiger partial charge in [0.15, 0.2) is 0 Å². The van der Waals surface area contributed by atoms with Crippen molar-refractivity contribution in [1.82, 2.24) is 10.6 Å². The number of hydrogen-bond acceptors (Lipinski definition) is 3. The zero-order valence-electron chi connectivity index (χ0n) is 12.9. The molecule has 1 aliphatic rings. The number of amides is 1. The van der Waals surface area contributed by atoms with Gasteiger partial charge in [0, 0.05) is 13.7 Å². The van der Waals surface area contributed by atoms with Crippen LogP contribution in [0.25, 0.3) is 0 Å². The van der Waals surface area contributed by atoms with Gasteiger partial charge in [0.1, 0.15) is 5.82 Å². The summed E-state index contributed by atoms with van der Waals surface area (Å²) in [6.07, 6.45) is 2.29. The van der Waals surface area contributed by atoms with E-state index in [1.54, 1.807) is 19.2 Å². The molecule has 1 aromatic carbocycles. The molecule has 0 bridgehead atoms. The van der Waals surface area contributed by atoms with Crippen molar-refractivity contribution in [3.8, 4) is 0 Å². The van der Waals surface area contributed by atoms with Crippen molar-refractivity contribution in [3.63, 3.8) is 0 Å². The highest BCUT2D eigenvalue weighted by atomic mass is 35.5. The summed E-state index contributed by atoms with van der Waals surface area (Å²) in [7, 11) is 1.63. The van der Waals surface area contributed by atoms with Crippen LogP contribution in [0.15, 0.2) is 24.3 Å². The maximum atomic E-state index is 12.8. The van der Waals surface area contributed by atoms with Crippen molar-refractivity contribution in [2.45, 2.75) is 19.3 Å². The fourth-order valence-electron chi connectivity index (χ4n) is 2.78. The summed E-state index contributed by atoms with van der Waals surface area (Å²) in [5.74, 6) is -0.176. The normalized spacial score (nSPS) is 16.6. The van der Waals surface area contributed by atoms with Crippen LogP contribution in [0.1, 0.15) is 18.4 Å². The van der Waals surface area contributed by atoms with Crippen LogP contribution in [-0.4, -0.2) is 39.3 Å². The lowest BCUT2D eigenvalue weighted by Crippen LogP contribution is -2.50. The number of piperidine rings is 1. The van der Waals surface area contributed by atoms with Crippen molar-refractivity contribution >= 4 is 18.3 Å². The van der Waals surface area contributed by atoms with Gasteiger partial charge in [0.05, 0.1) is 12.0 Å². The standard InChI is InChI=1S/C16H23FN2O2.ClH/c1-21-12-16(7-10-18-11-8-16)15(20)19-9-6-13-2-4-14(17)5-3-13;/h2-5,18H,6-12H2,1H3,(H,19,20);1H. The molecule has 0 atom stereocenters. The molecule has 1 aromatic rings. The van der Waals surface area contributed by atoms with Gasteiger partial charge in [-0.05, 0) is 50.0 Å². The second-order valence-electron chi connectivity index (χ2n) is 5.60. The van der Waals surface area contributed by atoms with Gasteiger partial charge in [0.2, 0.25) is 5.91 Å². The van der Waals surface area contributed by atoms with Gasteiger partial charge in [-0.3, -0.25) is 4.79 Å². The smallest absolute Gasteiger partial charge is 0.228 e. The molecule has 4 nitrogen and oxygen atoms in total. The van der Waals surface area contributed by atoms with Crippen molar-refractivity contribution < 1.29 is 13.9 Å². The quantitative estimate of drug-likeness (QED) is 0.838. The van der Waals surface area contributed by atoms with Crippen LogP contribution < -0.4 is 10.6 Å². The maximum Gasteiger partial charge on any atom is 0.228 e. The number of hydrogen-bond donors (Lipinski definition) is 2. The lowest BCUT2D eigenvalue weighted by molar-refractivity contribution is -0.136. The number of methoxy groups -OCH3 is 1. The van der Waals surface area contributed by atoms with E-state index in [2.05, 4.69) is 10.6 Å². The molecule has 0 spiro atoms. The van der Waals surface area contributed by atoms with E-state index in [0.29, 0.717) is 19.6 Å². The highest BCUT2D eigenvalue weighted by molar-refractivity contribution is 5.85. The molecule has 0 aliphatic carbocycles. The highest BCUT2D eigenvalue weighted by Gasteiger charge is 2.39. The maximum absolute atomic E-state index is 12.8. The first-order valence-electron chi connectivity index (χ1n) is 7.39. The molecular formula is C16H24ClFN2O2. The van der Waals surface area contributed by atoms with Gasteiger partial charge < -0.3 is 15.4 Å². The Hall–Kier alpha value is -1.17. The Labute approximate surface area is 137 Å². The first-order chi connectivity index (χ1) is 10.2.